The van der Waals surface area contributed by atoms with Gasteiger partial charge in [-0.05, 0) is 25.5 Å². The van der Waals surface area contributed by atoms with Crippen LogP contribution in [0.2, 0.25) is 0 Å². The Hall–Kier alpha value is -2.43. The number of hydrogen-bond acceptors (Lipinski definition) is 3. The second-order valence-corrected chi connectivity index (χ2v) is 5.17. The number of aromatic nitrogens is 1. The van der Waals surface area contributed by atoms with E-state index in [1.54, 1.807) is 6.20 Å². The van der Waals surface area contributed by atoms with Crippen molar-refractivity contribution in [3.05, 3.63) is 42.1 Å². The van der Waals surface area contributed by atoms with E-state index in [1.165, 1.54) is 0 Å². The molecule has 0 atom stereocenters. The van der Waals surface area contributed by atoms with Crippen molar-refractivity contribution < 1.29 is 9.59 Å². The lowest BCUT2D eigenvalue weighted by Crippen LogP contribution is -2.40. The molecule has 1 aromatic heterocycles. The van der Waals surface area contributed by atoms with Gasteiger partial charge < -0.3 is 10.6 Å². The molecule has 2 N–H and O–H groups in total. The zero-order chi connectivity index (χ0) is 15.2. The van der Waals surface area contributed by atoms with Crippen molar-refractivity contribution in [3.8, 4) is 0 Å². The molecule has 5 heteroatoms. The Morgan fingerprint density at radius 1 is 1.14 bits per heavy atom. The second-order valence-electron chi connectivity index (χ2n) is 5.17. The van der Waals surface area contributed by atoms with Gasteiger partial charge in [-0.25, -0.2) is 0 Å². The molecular weight excluding hydrogens is 266 g/mol. The lowest BCUT2D eigenvalue weighted by molar-refractivity contribution is -0.126. The van der Waals surface area contributed by atoms with Crippen LogP contribution in [0, 0.1) is 0 Å². The van der Waals surface area contributed by atoms with Gasteiger partial charge in [-0.1, -0.05) is 24.3 Å². The maximum absolute atomic E-state index is 11.9. The summed E-state index contributed by atoms with van der Waals surface area (Å²) in [5.74, 6) is -0.374. The maximum Gasteiger partial charge on any atom is 0.239 e. The van der Waals surface area contributed by atoms with Crippen LogP contribution < -0.4 is 10.6 Å². The molecule has 0 unspecified atom stereocenters. The summed E-state index contributed by atoms with van der Waals surface area (Å²) in [6.45, 7) is 3.75. The lowest BCUT2D eigenvalue weighted by Gasteiger charge is -2.10. The highest BCUT2D eigenvalue weighted by Gasteiger charge is 2.09. The molecule has 0 spiro atoms. The van der Waals surface area contributed by atoms with Gasteiger partial charge in [0.2, 0.25) is 11.8 Å². The highest BCUT2D eigenvalue weighted by atomic mass is 16.2. The number of benzene rings is 1. The summed E-state index contributed by atoms with van der Waals surface area (Å²) in [7, 11) is 0. The Kier molecular flexibility index (Phi) is 4.87. The van der Waals surface area contributed by atoms with Crippen molar-refractivity contribution >= 4 is 22.7 Å². The third-order valence-corrected chi connectivity index (χ3v) is 2.96. The number of rotatable bonds is 5. The molecule has 0 aliphatic heterocycles. The third kappa shape index (κ3) is 4.27. The summed E-state index contributed by atoms with van der Waals surface area (Å²) in [5.41, 5.74) is 1.68. The first-order valence-electron chi connectivity index (χ1n) is 6.95. The number of nitrogens with zero attached hydrogens (tertiary/aromatic N) is 1. The first kappa shape index (κ1) is 15.0. The van der Waals surface area contributed by atoms with E-state index in [9.17, 15) is 9.59 Å². The van der Waals surface area contributed by atoms with Gasteiger partial charge >= 0.3 is 0 Å². The Morgan fingerprint density at radius 2 is 1.90 bits per heavy atom. The monoisotopic (exact) mass is 285 g/mol. The summed E-state index contributed by atoms with van der Waals surface area (Å²) in [4.78, 5) is 27.7. The molecule has 21 heavy (non-hydrogen) atoms. The summed E-state index contributed by atoms with van der Waals surface area (Å²) in [6.07, 6.45) is 1.92. The van der Waals surface area contributed by atoms with Crippen LogP contribution in [-0.2, 0) is 16.0 Å². The van der Waals surface area contributed by atoms with E-state index in [0.717, 1.165) is 16.5 Å². The normalized spacial score (nSPS) is 10.6. The van der Waals surface area contributed by atoms with E-state index in [1.807, 2.05) is 44.2 Å². The van der Waals surface area contributed by atoms with Gasteiger partial charge in [-0.3, -0.25) is 14.6 Å². The fourth-order valence-electron chi connectivity index (χ4n) is 2.10. The average molecular weight is 285 g/mol. The molecule has 1 aromatic carbocycles. The molecule has 2 rings (SSSR count). The Morgan fingerprint density at radius 3 is 2.67 bits per heavy atom. The Labute approximate surface area is 123 Å². The molecule has 0 aliphatic carbocycles. The smallest absolute Gasteiger partial charge is 0.239 e. The number of fused-ring (bicyclic) bond motifs is 1. The Bertz CT molecular complexity index is 648. The molecular formula is C16H19N3O2. The molecule has 0 saturated carbocycles. The SMILES string of the molecule is CC(C)NC(=O)CNC(=O)Cc1cccc2cccnc12. The molecule has 0 radical (unpaired) electrons. The van der Waals surface area contributed by atoms with Crippen LogP contribution in [-0.4, -0.2) is 29.4 Å². The summed E-state index contributed by atoms with van der Waals surface area (Å²) >= 11 is 0. The van der Waals surface area contributed by atoms with Gasteiger partial charge in [0.25, 0.3) is 0 Å². The van der Waals surface area contributed by atoms with Crippen LogP contribution >= 0.6 is 0 Å². The van der Waals surface area contributed by atoms with Crippen molar-refractivity contribution in [2.75, 3.05) is 6.54 Å². The quantitative estimate of drug-likeness (QED) is 0.872. The third-order valence-electron chi connectivity index (χ3n) is 2.96. The fourth-order valence-corrected chi connectivity index (χ4v) is 2.10. The van der Waals surface area contributed by atoms with E-state index in [4.69, 9.17) is 0 Å². The van der Waals surface area contributed by atoms with Gasteiger partial charge in [0, 0.05) is 17.6 Å². The van der Waals surface area contributed by atoms with E-state index >= 15 is 0 Å². The van der Waals surface area contributed by atoms with Crippen molar-refractivity contribution in [3.63, 3.8) is 0 Å². The highest BCUT2D eigenvalue weighted by molar-refractivity contribution is 5.89. The van der Waals surface area contributed by atoms with Gasteiger partial charge in [0.1, 0.15) is 0 Å². The molecule has 110 valence electrons. The minimum absolute atomic E-state index is 0.00475. The predicted molar refractivity (Wildman–Crippen MR) is 81.7 cm³/mol. The highest BCUT2D eigenvalue weighted by Crippen LogP contribution is 2.16. The zero-order valence-electron chi connectivity index (χ0n) is 12.2. The maximum atomic E-state index is 11.9. The largest absolute Gasteiger partial charge is 0.352 e. The average Bonchev–Trinajstić information content (AvgIpc) is 2.45. The number of nitrogens with one attached hydrogen (secondary N) is 2. The van der Waals surface area contributed by atoms with Crippen molar-refractivity contribution in [2.24, 2.45) is 0 Å². The van der Waals surface area contributed by atoms with Gasteiger partial charge in [0.15, 0.2) is 0 Å². The number of carbonyl (C=O) groups is 2. The number of para-hydroxylation sites is 1. The molecule has 0 bridgehead atoms. The number of carbonyl (C=O) groups excluding carboxylic acids is 2. The van der Waals surface area contributed by atoms with Crippen molar-refractivity contribution in [2.45, 2.75) is 26.3 Å². The van der Waals surface area contributed by atoms with Crippen LogP contribution in [0.4, 0.5) is 0 Å². The van der Waals surface area contributed by atoms with Gasteiger partial charge in [0.05, 0.1) is 18.5 Å². The van der Waals surface area contributed by atoms with Crippen molar-refractivity contribution in [1.29, 1.82) is 0 Å². The molecule has 0 fully saturated rings. The van der Waals surface area contributed by atoms with E-state index < -0.39 is 0 Å². The molecule has 0 aliphatic rings. The molecule has 5 nitrogen and oxygen atoms in total. The number of amides is 2. The first-order chi connectivity index (χ1) is 10.1. The summed E-state index contributed by atoms with van der Waals surface area (Å²) < 4.78 is 0. The van der Waals surface area contributed by atoms with Gasteiger partial charge in [-0.2, -0.15) is 0 Å². The van der Waals surface area contributed by atoms with E-state index in [-0.39, 0.29) is 30.8 Å². The van der Waals surface area contributed by atoms with Gasteiger partial charge in [-0.15, -0.1) is 0 Å². The van der Waals surface area contributed by atoms with Crippen LogP contribution in [0.5, 0.6) is 0 Å². The van der Waals surface area contributed by atoms with Crippen molar-refractivity contribution in [1.82, 2.24) is 15.6 Å². The molecule has 0 saturated heterocycles. The zero-order valence-corrected chi connectivity index (χ0v) is 12.2. The standard InChI is InChI=1S/C16H19N3O2/c1-11(2)19-15(21)10-18-14(20)9-13-6-3-5-12-7-4-8-17-16(12)13/h3-8,11H,9-10H2,1-2H3,(H,18,20)(H,19,21). The first-order valence-corrected chi connectivity index (χ1v) is 6.95. The van der Waals surface area contributed by atoms with Crippen LogP contribution in [0.1, 0.15) is 19.4 Å². The second kappa shape index (κ2) is 6.83. The topological polar surface area (TPSA) is 71.1 Å². The fraction of sp³-hybridized carbons (Fsp3) is 0.312. The lowest BCUT2D eigenvalue weighted by atomic mass is 10.1. The molecule has 2 aromatic rings. The number of hydrogen-bond donors (Lipinski definition) is 2. The summed E-state index contributed by atoms with van der Waals surface area (Å²) in [6, 6.07) is 9.63. The van der Waals surface area contributed by atoms with E-state index in [2.05, 4.69) is 15.6 Å². The van der Waals surface area contributed by atoms with Crippen LogP contribution in [0.15, 0.2) is 36.5 Å². The Balaban J connectivity index is 1.97. The van der Waals surface area contributed by atoms with E-state index in [0.29, 0.717) is 0 Å². The summed E-state index contributed by atoms with van der Waals surface area (Å²) in [5, 5.41) is 6.35. The van der Waals surface area contributed by atoms with Crippen LogP contribution in [0.3, 0.4) is 0 Å². The predicted octanol–water partition coefficient (Wildman–Crippen LogP) is 1.42. The molecule has 2 amide bonds. The minimum Gasteiger partial charge on any atom is -0.352 e. The van der Waals surface area contributed by atoms with Crippen LogP contribution in [0.25, 0.3) is 10.9 Å². The minimum atomic E-state index is -0.188. The number of pyridine rings is 1. The molecule has 1 heterocycles.